The average Bonchev–Trinajstić information content (AvgIpc) is 2.75. The molecule has 1 aromatic carbocycles. The van der Waals surface area contributed by atoms with Crippen molar-refractivity contribution in [2.24, 2.45) is 0 Å². The number of benzene rings is 1. The van der Waals surface area contributed by atoms with E-state index in [-0.39, 0.29) is 10.6 Å². The summed E-state index contributed by atoms with van der Waals surface area (Å²) in [6.07, 6.45) is 1.30. The number of carbonyl (C=O) groups is 2. The molecule has 0 bridgehead atoms. The normalized spacial score (nSPS) is 10.2. The first-order valence-electron chi connectivity index (χ1n) is 5.24. The number of carbonyl (C=O) groups excluding carboxylic acids is 1. The van der Waals surface area contributed by atoms with E-state index in [1.165, 1.54) is 24.4 Å². The second-order valence-corrected chi connectivity index (χ2v) is 4.16. The Morgan fingerprint density at radius 3 is 2.63 bits per heavy atom. The highest BCUT2D eigenvalue weighted by Gasteiger charge is 2.14. The SMILES string of the molecule is Cc1oncc1C(=O)Nc1ccc(C(=O)O)c(Cl)c1. The van der Waals surface area contributed by atoms with E-state index in [0.717, 1.165) is 0 Å². The molecule has 0 fully saturated rings. The average molecular weight is 281 g/mol. The summed E-state index contributed by atoms with van der Waals surface area (Å²) < 4.78 is 4.78. The maximum atomic E-state index is 11.9. The Labute approximate surface area is 113 Å². The smallest absolute Gasteiger partial charge is 0.337 e. The van der Waals surface area contributed by atoms with Gasteiger partial charge < -0.3 is 14.9 Å². The molecule has 1 amide bonds. The van der Waals surface area contributed by atoms with E-state index < -0.39 is 11.9 Å². The van der Waals surface area contributed by atoms with E-state index >= 15 is 0 Å². The molecule has 0 saturated carbocycles. The molecule has 0 atom stereocenters. The Balaban J connectivity index is 2.21. The Bertz CT molecular complexity index is 651. The van der Waals surface area contributed by atoms with Crippen molar-refractivity contribution in [2.45, 2.75) is 6.92 Å². The van der Waals surface area contributed by atoms with Crippen LogP contribution >= 0.6 is 11.6 Å². The topological polar surface area (TPSA) is 92.4 Å². The molecule has 2 rings (SSSR count). The number of anilines is 1. The third-order valence-electron chi connectivity index (χ3n) is 2.45. The Morgan fingerprint density at radius 1 is 1.37 bits per heavy atom. The predicted octanol–water partition coefficient (Wildman–Crippen LogP) is 2.59. The highest BCUT2D eigenvalue weighted by Crippen LogP contribution is 2.21. The van der Waals surface area contributed by atoms with Crippen LogP contribution in [0.25, 0.3) is 0 Å². The lowest BCUT2D eigenvalue weighted by molar-refractivity contribution is 0.0697. The summed E-state index contributed by atoms with van der Waals surface area (Å²) in [5, 5.41) is 15.0. The number of nitrogens with zero attached hydrogens (tertiary/aromatic N) is 1. The molecule has 0 radical (unpaired) electrons. The molecule has 0 spiro atoms. The lowest BCUT2D eigenvalue weighted by atomic mass is 10.2. The van der Waals surface area contributed by atoms with Gasteiger partial charge in [-0.15, -0.1) is 0 Å². The van der Waals surface area contributed by atoms with Crippen molar-refractivity contribution in [2.75, 3.05) is 5.32 Å². The first kappa shape index (κ1) is 13.1. The van der Waals surface area contributed by atoms with Crippen LogP contribution in [-0.4, -0.2) is 22.1 Å². The molecule has 2 aromatic rings. The van der Waals surface area contributed by atoms with Crippen molar-refractivity contribution in [3.63, 3.8) is 0 Å². The monoisotopic (exact) mass is 280 g/mol. The van der Waals surface area contributed by atoms with Crippen molar-refractivity contribution < 1.29 is 19.2 Å². The van der Waals surface area contributed by atoms with Gasteiger partial charge in [-0.2, -0.15) is 0 Å². The summed E-state index contributed by atoms with van der Waals surface area (Å²) in [6, 6.07) is 4.14. The number of rotatable bonds is 3. The third-order valence-corrected chi connectivity index (χ3v) is 2.77. The van der Waals surface area contributed by atoms with E-state index in [1.54, 1.807) is 6.92 Å². The van der Waals surface area contributed by atoms with Crippen molar-refractivity contribution in [1.82, 2.24) is 5.16 Å². The summed E-state index contributed by atoms with van der Waals surface area (Å²) in [4.78, 5) is 22.6. The molecule has 6 nitrogen and oxygen atoms in total. The maximum absolute atomic E-state index is 11.9. The number of amides is 1. The summed E-state index contributed by atoms with van der Waals surface area (Å²) >= 11 is 5.80. The van der Waals surface area contributed by atoms with Crippen LogP contribution in [0.1, 0.15) is 26.5 Å². The molecule has 0 saturated heterocycles. The molecule has 0 aliphatic rings. The van der Waals surface area contributed by atoms with Crippen molar-refractivity contribution in [1.29, 1.82) is 0 Å². The van der Waals surface area contributed by atoms with Gasteiger partial charge in [-0.05, 0) is 25.1 Å². The molecular weight excluding hydrogens is 272 g/mol. The van der Waals surface area contributed by atoms with Crippen molar-refractivity contribution in [3.8, 4) is 0 Å². The van der Waals surface area contributed by atoms with Crippen LogP contribution in [0.5, 0.6) is 0 Å². The fourth-order valence-electron chi connectivity index (χ4n) is 1.48. The third kappa shape index (κ3) is 2.74. The van der Waals surface area contributed by atoms with Gasteiger partial charge in [0.15, 0.2) is 0 Å². The summed E-state index contributed by atoms with van der Waals surface area (Å²) in [5.74, 6) is -1.14. The van der Waals surface area contributed by atoms with Crippen LogP contribution in [-0.2, 0) is 0 Å². The second kappa shape index (κ2) is 5.11. The predicted molar refractivity (Wildman–Crippen MR) is 67.6 cm³/mol. The van der Waals surface area contributed by atoms with Gasteiger partial charge in [0.1, 0.15) is 11.3 Å². The minimum absolute atomic E-state index is 0.0270. The van der Waals surface area contributed by atoms with Crippen LogP contribution < -0.4 is 5.32 Å². The summed E-state index contributed by atoms with van der Waals surface area (Å²) in [5.41, 5.74) is 0.667. The van der Waals surface area contributed by atoms with Gasteiger partial charge in [0, 0.05) is 5.69 Å². The van der Waals surface area contributed by atoms with Gasteiger partial charge in [-0.25, -0.2) is 4.79 Å². The zero-order valence-electron chi connectivity index (χ0n) is 9.81. The summed E-state index contributed by atoms with van der Waals surface area (Å²) in [6.45, 7) is 1.61. The number of hydrogen-bond acceptors (Lipinski definition) is 4. The van der Waals surface area contributed by atoms with Crippen LogP contribution in [0, 0.1) is 6.92 Å². The number of aryl methyl sites for hydroxylation is 1. The number of aromatic carboxylic acids is 1. The number of nitrogens with one attached hydrogen (secondary N) is 1. The van der Waals surface area contributed by atoms with Gasteiger partial charge in [-0.3, -0.25) is 4.79 Å². The van der Waals surface area contributed by atoms with E-state index in [2.05, 4.69) is 10.5 Å². The second-order valence-electron chi connectivity index (χ2n) is 3.75. The zero-order valence-corrected chi connectivity index (χ0v) is 10.6. The fourth-order valence-corrected chi connectivity index (χ4v) is 1.74. The van der Waals surface area contributed by atoms with Crippen molar-refractivity contribution >= 4 is 29.2 Å². The highest BCUT2D eigenvalue weighted by atomic mass is 35.5. The zero-order chi connectivity index (χ0) is 14.0. The molecule has 0 aliphatic heterocycles. The van der Waals surface area contributed by atoms with Gasteiger partial charge in [0.05, 0.1) is 16.8 Å². The molecule has 0 aliphatic carbocycles. The lowest BCUT2D eigenvalue weighted by Gasteiger charge is -2.05. The Kier molecular flexibility index (Phi) is 3.52. The standard InChI is InChI=1S/C12H9ClN2O4/c1-6-9(5-14-19-6)11(16)15-7-2-3-8(12(17)18)10(13)4-7/h2-5H,1H3,(H,15,16)(H,17,18). The van der Waals surface area contributed by atoms with Gasteiger partial charge in [0.2, 0.25) is 0 Å². The molecule has 98 valence electrons. The summed E-state index contributed by atoms with van der Waals surface area (Å²) in [7, 11) is 0. The molecule has 19 heavy (non-hydrogen) atoms. The Hall–Kier alpha value is -2.34. The number of hydrogen-bond donors (Lipinski definition) is 2. The van der Waals surface area contributed by atoms with Crippen LogP contribution in [0.3, 0.4) is 0 Å². The lowest BCUT2D eigenvalue weighted by Crippen LogP contribution is -2.12. The number of halogens is 1. The van der Waals surface area contributed by atoms with Gasteiger partial charge >= 0.3 is 5.97 Å². The van der Waals surface area contributed by atoms with Crippen molar-refractivity contribution in [3.05, 3.63) is 46.3 Å². The van der Waals surface area contributed by atoms with E-state index in [0.29, 0.717) is 17.0 Å². The first-order chi connectivity index (χ1) is 8.99. The Morgan fingerprint density at radius 2 is 2.11 bits per heavy atom. The minimum Gasteiger partial charge on any atom is -0.478 e. The molecule has 1 aromatic heterocycles. The van der Waals surface area contributed by atoms with Crippen LogP contribution in [0.2, 0.25) is 5.02 Å². The minimum atomic E-state index is -1.13. The quantitative estimate of drug-likeness (QED) is 0.901. The fraction of sp³-hybridized carbons (Fsp3) is 0.0833. The number of carboxylic acid groups (broad SMARTS) is 1. The number of carboxylic acids is 1. The molecule has 2 N–H and O–H groups in total. The first-order valence-corrected chi connectivity index (χ1v) is 5.62. The van der Waals surface area contributed by atoms with Gasteiger partial charge in [-0.1, -0.05) is 16.8 Å². The van der Waals surface area contributed by atoms with E-state index in [9.17, 15) is 9.59 Å². The molecular formula is C12H9ClN2O4. The maximum Gasteiger partial charge on any atom is 0.337 e. The van der Waals surface area contributed by atoms with E-state index in [1.807, 2.05) is 0 Å². The largest absolute Gasteiger partial charge is 0.478 e. The molecule has 7 heteroatoms. The molecule has 1 heterocycles. The van der Waals surface area contributed by atoms with Gasteiger partial charge in [0.25, 0.3) is 5.91 Å². The number of aromatic nitrogens is 1. The van der Waals surface area contributed by atoms with Crippen LogP contribution in [0.15, 0.2) is 28.9 Å². The highest BCUT2D eigenvalue weighted by molar-refractivity contribution is 6.33. The molecule has 0 unspecified atom stereocenters. The van der Waals surface area contributed by atoms with Crippen LogP contribution in [0.4, 0.5) is 5.69 Å². The van der Waals surface area contributed by atoms with E-state index in [4.69, 9.17) is 21.2 Å².